The van der Waals surface area contributed by atoms with E-state index in [0.29, 0.717) is 11.8 Å². The highest BCUT2D eigenvalue weighted by Gasteiger charge is 2.37. The van der Waals surface area contributed by atoms with Crippen LogP contribution in [0.3, 0.4) is 0 Å². The Bertz CT molecular complexity index is 278. The summed E-state index contributed by atoms with van der Waals surface area (Å²) in [6.07, 6.45) is 5.63. The van der Waals surface area contributed by atoms with Crippen LogP contribution in [0, 0.1) is 17.8 Å². The quantitative estimate of drug-likeness (QED) is 0.648. The third kappa shape index (κ3) is 2.22. The first-order valence-corrected chi connectivity index (χ1v) is 6.52. The van der Waals surface area contributed by atoms with Crippen LogP contribution in [0.4, 0.5) is 3.89 Å². The van der Waals surface area contributed by atoms with Gasteiger partial charge in [0.05, 0.1) is 5.75 Å². The molecule has 2 nitrogen and oxygen atoms in total. The molecule has 1 unspecified atom stereocenters. The van der Waals surface area contributed by atoms with E-state index in [0.717, 1.165) is 19.3 Å². The molecular weight excluding hydrogens is 191 g/mol. The highest BCUT2D eigenvalue weighted by molar-refractivity contribution is 7.86. The Labute approximate surface area is 78.7 Å². The third-order valence-electron chi connectivity index (χ3n) is 3.61. The molecule has 3 rings (SSSR count). The van der Waals surface area contributed by atoms with Gasteiger partial charge in [-0.25, -0.2) is 0 Å². The topological polar surface area (TPSA) is 34.1 Å². The lowest BCUT2D eigenvalue weighted by molar-refractivity contribution is 0.112. The molecular formula is C9H15FO2S. The van der Waals surface area contributed by atoms with Crippen LogP contribution in [0.5, 0.6) is 0 Å². The number of hydrogen-bond donors (Lipinski definition) is 0. The fourth-order valence-electron chi connectivity index (χ4n) is 2.98. The number of halogens is 1. The van der Waals surface area contributed by atoms with Crippen LogP contribution in [0.25, 0.3) is 0 Å². The Kier molecular flexibility index (Phi) is 2.34. The summed E-state index contributed by atoms with van der Waals surface area (Å²) in [4.78, 5) is 0. The summed E-state index contributed by atoms with van der Waals surface area (Å²) in [5.41, 5.74) is 0. The van der Waals surface area contributed by atoms with Crippen molar-refractivity contribution >= 4 is 10.2 Å². The first-order valence-electron chi connectivity index (χ1n) is 4.97. The van der Waals surface area contributed by atoms with Gasteiger partial charge in [0, 0.05) is 0 Å². The summed E-state index contributed by atoms with van der Waals surface area (Å²) in [5, 5.41) is 0. The van der Waals surface area contributed by atoms with E-state index in [2.05, 4.69) is 0 Å². The molecule has 1 atom stereocenters. The molecule has 13 heavy (non-hydrogen) atoms. The van der Waals surface area contributed by atoms with Crippen LogP contribution in [0.1, 0.15) is 32.1 Å². The zero-order chi connectivity index (χ0) is 9.47. The van der Waals surface area contributed by atoms with Gasteiger partial charge < -0.3 is 0 Å². The van der Waals surface area contributed by atoms with Crippen LogP contribution in [-0.2, 0) is 10.2 Å². The molecule has 0 spiro atoms. The molecule has 0 aliphatic heterocycles. The molecule has 0 N–H and O–H groups in total. The van der Waals surface area contributed by atoms with Crippen LogP contribution in [0.15, 0.2) is 0 Å². The molecule has 0 radical (unpaired) electrons. The molecule has 3 fully saturated rings. The maximum absolute atomic E-state index is 12.5. The maximum atomic E-state index is 12.5. The van der Waals surface area contributed by atoms with Gasteiger partial charge in [-0.15, -0.1) is 3.89 Å². The molecule has 3 saturated carbocycles. The number of rotatable bonds is 2. The second-order valence-electron chi connectivity index (χ2n) is 4.48. The Balaban J connectivity index is 2.01. The highest BCUT2D eigenvalue weighted by Crippen LogP contribution is 2.45. The zero-order valence-corrected chi connectivity index (χ0v) is 8.39. The van der Waals surface area contributed by atoms with E-state index in [1.54, 1.807) is 0 Å². The molecule has 3 aliphatic rings. The van der Waals surface area contributed by atoms with E-state index in [4.69, 9.17) is 0 Å². The Morgan fingerprint density at radius 3 is 2.15 bits per heavy atom. The largest absolute Gasteiger partial charge is 0.302 e. The predicted octanol–water partition coefficient (Wildman–Crippen LogP) is 2.11. The van der Waals surface area contributed by atoms with Crippen LogP contribution in [0.2, 0.25) is 0 Å². The van der Waals surface area contributed by atoms with Crippen molar-refractivity contribution in [2.45, 2.75) is 32.1 Å². The molecule has 4 heteroatoms. The van der Waals surface area contributed by atoms with E-state index in [1.807, 2.05) is 0 Å². The summed E-state index contributed by atoms with van der Waals surface area (Å²) in [5.74, 6) is 1.04. The van der Waals surface area contributed by atoms with Crippen molar-refractivity contribution < 1.29 is 12.3 Å². The van der Waals surface area contributed by atoms with Crippen molar-refractivity contribution in [2.24, 2.45) is 17.8 Å². The van der Waals surface area contributed by atoms with E-state index in [1.165, 1.54) is 12.8 Å². The van der Waals surface area contributed by atoms with Gasteiger partial charge in [0.15, 0.2) is 0 Å². The number of fused-ring (bicyclic) bond motifs is 3. The minimum Gasteiger partial charge on any atom is -0.195 e. The Morgan fingerprint density at radius 1 is 1.15 bits per heavy atom. The van der Waals surface area contributed by atoms with Crippen molar-refractivity contribution in [1.82, 2.24) is 0 Å². The SMILES string of the molecule is O=S(=O)(F)CC1CC2CCC1CC2. The van der Waals surface area contributed by atoms with Crippen molar-refractivity contribution in [1.29, 1.82) is 0 Å². The molecule has 0 amide bonds. The average Bonchev–Trinajstić information content (AvgIpc) is 2.03. The zero-order valence-electron chi connectivity index (χ0n) is 7.58. The first kappa shape index (κ1) is 9.44. The van der Waals surface area contributed by atoms with E-state index in [9.17, 15) is 12.3 Å². The van der Waals surface area contributed by atoms with Crippen molar-refractivity contribution in [3.8, 4) is 0 Å². The van der Waals surface area contributed by atoms with Gasteiger partial charge in [-0.1, -0.05) is 12.8 Å². The predicted molar refractivity (Wildman–Crippen MR) is 48.4 cm³/mol. The lowest BCUT2D eigenvalue weighted by Gasteiger charge is -2.41. The lowest BCUT2D eigenvalue weighted by atomic mass is 9.65. The van der Waals surface area contributed by atoms with Crippen molar-refractivity contribution in [3.05, 3.63) is 0 Å². The fraction of sp³-hybridized carbons (Fsp3) is 1.00. The van der Waals surface area contributed by atoms with Gasteiger partial charge in [0.1, 0.15) is 0 Å². The van der Waals surface area contributed by atoms with E-state index >= 15 is 0 Å². The standard InChI is InChI=1S/C9H15FO2S/c10-13(11,12)6-9-5-7-1-3-8(9)4-2-7/h7-9H,1-6H2. The fourth-order valence-corrected chi connectivity index (χ4v) is 3.90. The first-order chi connectivity index (χ1) is 6.04. The minimum atomic E-state index is -4.25. The highest BCUT2D eigenvalue weighted by atomic mass is 32.3. The van der Waals surface area contributed by atoms with E-state index < -0.39 is 10.2 Å². The van der Waals surface area contributed by atoms with Crippen LogP contribution in [-0.4, -0.2) is 14.2 Å². The Hall–Kier alpha value is -0.120. The average molecular weight is 206 g/mol. The van der Waals surface area contributed by atoms with Crippen molar-refractivity contribution in [2.75, 3.05) is 5.75 Å². The van der Waals surface area contributed by atoms with Gasteiger partial charge in [-0.2, -0.15) is 8.42 Å². The second kappa shape index (κ2) is 3.23. The monoisotopic (exact) mass is 206 g/mol. The van der Waals surface area contributed by atoms with Gasteiger partial charge in [-0.05, 0) is 37.0 Å². The third-order valence-corrected chi connectivity index (χ3v) is 4.43. The molecule has 0 saturated heterocycles. The minimum absolute atomic E-state index is 0.113. The summed E-state index contributed by atoms with van der Waals surface area (Å²) in [6, 6.07) is 0. The Morgan fingerprint density at radius 2 is 1.77 bits per heavy atom. The maximum Gasteiger partial charge on any atom is 0.302 e. The van der Waals surface area contributed by atoms with Crippen LogP contribution < -0.4 is 0 Å². The number of hydrogen-bond acceptors (Lipinski definition) is 2. The van der Waals surface area contributed by atoms with Gasteiger partial charge in [0.2, 0.25) is 0 Å². The molecule has 3 aliphatic carbocycles. The normalized spacial score (nSPS) is 39.3. The summed E-state index contributed by atoms with van der Waals surface area (Å²) < 4.78 is 33.5. The van der Waals surface area contributed by atoms with E-state index in [-0.39, 0.29) is 11.7 Å². The molecule has 0 heterocycles. The van der Waals surface area contributed by atoms with Crippen molar-refractivity contribution in [3.63, 3.8) is 0 Å². The lowest BCUT2D eigenvalue weighted by Crippen LogP contribution is -2.34. The second-order valence-corrected chi connectivity index (χ2v) is 5.89. The summed E-state index contributed by atoms with van der Waals surface area (Å²) in [6.45, 7) is 0. The summed E-state index contributed by atoms with van der Waals surface area (Å²) in [7, 11) is -4.25. The molecule has 2 bridgehead atoms. The van der Waals surface area contributed by atoms with Gasteiger partial charge >= 0.3 is 10.2 Å². The molecule has 0 aromatic rings. The smallest absolute Gasteiger partial charge is 0.195 e. The molecule has 0 aromatic carbocycles. The summed E-state index contributed by atoms with van der Waals surface area (Å²) >= 11 is 0. The van der Waals surface area contributed by atoms with Crippen LogP contribution >= 0.6 is 0 Å². The van der Waals surface area contributed by atoms with Gasteiger partial charge in [-0.3, -0.25) is 0 Å². The van der Waals surface area contributed by atoms with Gasteiger partial charge in [0.25, 0.3) is 0 Å². The molecule has 0 aromatic heterocycles. The molecule has 76 valence electrons.